The van der Waals surface area contributed by atoms with Crippen LogP contribution >= 0.6 is 15.9 Å². The lowest BCUT2D eigenvalue weighted by Gasteiger charge is -2.27. The Morgan fingerprint density at radius 1 is 1.16 bits per heavy atom. The Morgan fingerprint density at radius 3 is 2.47 bits per heavy atom. The van der Waals surface area contributed by atoms with E-state index in [1.165, 1.54) is 0 Å². The molecule has 4 N–H and O–H groups in total. The van der Waals surface area contributed by atoms with Crippen LogP contribution < -0.4 is 11.0 Å². The molecule has 1 saturated carbocycles. The van der Waals surface area contributed by atoms with Crippen molar-refractivity contribution in [3.05, 3.63) is 27.1 Å². The van der Waals surface area contributed by atoms with Gasteiger partial charge in [0.25, 0.3) is 0 Å². The summed E-state index contributed by atoms with van der Waals surface area (Å²) in [6.45, 7) is 0. The molecule has 1 aliphatic rings. The van der Waals surface area contributed by atoms with Crippen LogP contribution in [0.5, 0.6) is 0 Å². The summed E-state index contributed by atoms with van der Waals surface area (Å²) in [4.78, 5) is 16.8. The van der Waals surface area contributed by atoms with Crippen LogP contribution in [0, 0.1) is 0 Å². The number of rotatable bonds is 2. The molecule has 1 aliphatic carbocycles. The Hall–Kier alpha value is -1.27. The minimum atomic E-state index is -0.195. The van der Waals surface area contributed by atoms with Gasteiger partial charge in [0.05, 0.1) is 22.8 Å². The fraction of sp³-hybridized carbons (Fsp3) is 0.462. The minimum absolute atomic E-state index is 0.148. The number of fused-ring (bicyclic) bond motifs is 1. The average molecular weight is 326 g/mol. The number of aliphatic hydroxyl groups excluding tert-OH is 1. The van der Waals surface area contributed by atoms with Gasteiger partial charge in [-0.25, -0.2) is 4.79 Å². The summed E-state index contributed by atoms with van der Waals surface area (Å²) < 4.78 is 0.932. The minimum Gasteiger partial charge on any atom is -0.393 e. The second-order valence-electron chi connectivity index (χ2n) is 5.11. The predicted octanol–water partition coefficient (Wildman–Crippen LogP) is 2.33. The Kier molecular flexibility index (Phi) is 3.36. The highest BCUT2D eigenvalue weighted by molar-refractivity contribution is 9.10. The van der Waals surface area contributed by atoms with Crippen molar-refractivity contribution in [1.82, 2.24) is 9.97 Å². The molecule has 1 fully saturated rings. The third-order valence-corrected chi connectivity index (χ3v) is 4.32. The zero-order valence-corrected chi connectivity index (χ0v) is 12.0. The first-order valence-corrected chi connectivity index (χ1v) is 7.27. The van der Waals surface area contributed by atoms with Gasteiger partial charge < -0.3 is 20.4 Å². The molecular formula is C13H16BrN3O2. The maximum atomic E-state index is 11.3. The number of hydrogen-bond acceptors (Lipinski definition) is 3. The first kappa shape index (κ1) is 12.7. The highest BCUT2D eigenvalue weighted by Gasteiger charge is 2.19. The molecule has 1 aromatic carbocycles. The third-order valence-electron chi connectivity index (χ3n) is 3.66. The Morgan fingerprint density at radius 2 is 1.79 bits per heavy atom. The lowest BCUT2D eigenvalue weighted by Crippen LogP contribution is -2.28. The van der Waals surface area contributed by atoms with E-state index in [1.54, 1.807) is 0 Å². The van der Waals surface area contributed by atoms with Crippen molar-refractivity contribution >= 4 is 32.7 Å². The van der Waals surface area contributed by atoms with Crippen LogP contribution in [0.4, 0.5) is 5.69 Å². The molecule has 102 valence electrons. The van der Waals surface area contributed by atoms with Crippen molar-refractivity contribution in [3.63, 3.8) is 0 Å². The van der Waals surface area contributed by atoms with Crippen LogP contribution in [0.15, 0.2) is 21.4 Å². The van der Waals surface area contributed by atoms with Crippen molar-refractivity contribution < 1.29 is 5.11 Å². The molecule has 0 saturated heterocycles. The molecule has 6 heteroatoms. The molecule has 0 radical (unpaired) electrons. The number of halogens is 1. The van der Waals surface area contributed by atoms with Gasteiger partial charge in [-0.05, 0) is 53.7 Å². The maximum absolute atomic E-state index is 11.3. The van der Waals surface area contributed by atoms with Crippen LogP contribution in [-0.4, -0.2) is 27.2 Å². The number of imidazole rings is 1. The smallest absolute Gasteiger partial charge is 0.323 e. The van der Waals surface area contributed by atoms with Crippen LogP contribution in [0.25, 0.3) is 11.0 Å². The van der Waals surface area contributed by atoms with E-state index in [0.717, 1.165) is 46.9 Å². The number of aromatic amines is 2. The Balaban J connectivity index is 1.84. The molecule has 0 spiro atoms. The third kappa shape index (κ3) is 2.69. The molecule has 5 nitrogen and oxygen atoms in total. The Bertz CT molecular complexity index is 641. The number of nitrogens with one attached hydrogen (secondary N) is 3. The lowest BCUT2D eigenvalue weighted by atomic mass is 9.93. The van der Waals surface area contributed by atoms with E-state index in [4.69, 9.17) is 0 Å². The molecule has 2 aromatic rings. The number of benzene rings is 1. The van der Waals surface area contributed by atoms with Crippen molar-refractivity contribution in [2.24, 2.45) is 0 Å². The van der Waals surface area contributed by atoms with Crippen LogP contribution in [-0.2, 0) is 0 Å². The summed E-state index contributed by atoms with van der Waals surface area (Å²) >= 11 is 3.52. The predicted molar refractivity (Wildman–Crippen MR) is 78.5 cm³/mol. The van der Waals surface area contributed by atoms with Gasteiger partial charge in [0.15, 0.2) is 0 Å². The average Bonchev–Trinajstić information content (AvgIpc) is 2.72. The molecule has 0 amide bonds. The SMILES string of the molecule is O=c1[nH]c2cc(Br)c(NC3CCC(O)CC3)cc2[nH]1. The summed E-state index contributed by atoms with van der Waals surface area (Å²) in [6, 6.07) is 4.21. The second kappa shape index (κ2) is 5.02. The van der Waals surface area contributed by atoms with E-state index in [9.17, 15) is 9.90 Å². The molecule has 0 bridgehead atoms. The van der Waals surface area contributed by atoms with E-state index in [0.29, 0.717) is 6.04 Å². The molecule has 0 aliphatic heterocycles. The van der Waals surface area contributed by atoms with E-state index < -0.39 is 0 Å². The lowest BCUT2D eigenvalue weighted by molar-refractivity contribution is 0.126. The Labute approximate surface area is 118 Å². The standard InChI is InChI=1S/C13H16BrN3O2/c14-9-5-11-12(17-13(19)16-11)6-10(9)15-7-1-3-8(18)4-2-7/h5-8,15,18H,1-4H2,(H2,16,17,19). The number of H-pyrrole nitrogens is 2. The number of aliphatic hydroxyl groups is 1. The van der Waals surface area contributed by atoms with Gasteiger partial charge in [-0.1, -0.05) is 0 Å². The zero-order valence-electron chi connectivity index (χ0n) is 10.4. The van der Waals surface area contributed by atoms with Gasteiger partial charge in [0.2, 0.25) is 0 Å². The van der Waals surface area contributed by atoms with Gasteiger partial charge in [-0.2, -0.15) is 0 Å². The van der Waals surface area contributed by atoms with Crippen molar-refractivity contribution in [3.8, 4) is 0 Å². The van der Waals surface area contributed by atoms with E-state index in [1.807, 2.05) is 12.1 Å². The van der Waals surface area contributed by atoms with Gasteiger partial charge in [0.1, 0.15) is 0 Å². The molecule has 0 atom stereocenters. The first-order chi connectivity index (χ1) is 9.11. The first-order valence-electron chi connectivity index (χ1n) is 6.48. The normalized spacial score (nSPS) is 23.7. The molecular weight excluding hydrogens is 310 g/mol. The second-order valence-corrected chi connectivity index (χ2v) is 5.96. The van der Waals surface area contributed by atoms with Gasteiger partial charge in [0, 0.05) is 10.5 Å². The highest BCUT2D eigenvalue weighted by atomic mass is 79.9. The summed E-state index contributed by atoms with van der Waals surface area (Å²) in [5.74, 6) is 0. The van der Waals surface area contributed by atoms with Crippen LogP contribution in [0.3, 0.4) is 0 Å². The van der Waals surface area contributed by atoms with E-state index in [-0.39, 0.29) is 11.8 Å². The van der Waals surface area contributed by atoms with Crippen LogP contribution in [0.1, 0.15) is 25.7 Å². The summed E-state index contributed by atoms with van der Waals surface area (Å²) in [6.07, 6.45) is 3.48. The number of anilines is 1. The quantitative estimate of drug-likeness (QED) is 0.684. The number of aromatic nitrogens is 2. The molecule has 3 rings (SSSR count). The molecule has 19 heavy (non-hydrogen) atoms. The van der Waals surface area contributed by atoms with Crippen molar-refractivity contribution in [1.29, 1.82) is 0 Å². The molecule has 1 heterocycles. The van der Waals surface area contributed by atoms with Crippen LogP contribution in [0.2, 0.25) is 0 Å². The molecule has 1 aromatic heterocycles. The largest absolute Gasteiger partial charge is 0.393 e. The van der Waals surface area contributed by atoms with E-state index in [2.05, 4.69) is 31.2 Å². The van der Waals surface area contributed by atoms with Crippen molar-refractivity contribution in [2.45, 2.75) is 37.8 Å². The topological polar surface area (TPSA) is 80.9 Å². The maximum Gasteiger partial charge on any atom is 0.323 e. The van der Waals surface area contributed by atoms with Gasteiger partial charge >= 0.3 is 5.69 Å². The van der Waals surface area contributed by atoms with Gasteiger partial charge in [-0.15, -0.1) is 0 Å². The highest BCUT2D eigenvalue weighted by Crippen LogP contribution is 2.29. The van der Waals surface area contributed by atoms with E-state index >= 15 is 0 Å². The zero-order chi connectivity index (χ0) is 13.4. The van der Waals surface area contributed by atoms with Gasteiger partial charge in [-0.3, -0.25) is 0 Å². The van der Waals surface area contributed by atoms with Crippen molar-refractivity contribution in [2.75, 3.05) is 5.32 Å². The summed E-state index contributed by atoms with van der Waals surface area (Å²) in [5.41, 5.74) is 2.37. The fourth-order valence-electron chi connectivity index (χ4n) is 2.61. The number of hydrogen-bond donors (Lipinski definition) is 4. The summed E-state index contributed by atoms with van der Waals surface area (Å²) in [7, 11) is 0. The monoisotopic (exact) mass is 325 g/mol. The fourth-order valence-corrected chi connectivity index (χ4v) is 3.06. The molecule has 0 unspecified atom stereocenters. The summed E-state index contributed by atoms with van der Waals surface area (Å²) in [5, 5.41) is 13.0.